The highest BCUT2D eigenvalue weighted by Crippen LogP contribution is 2.46. The van der Waals surface area contributed by atoms with Crippen LogP contribution in [0.15, 0.2) is 91.0 Å². The molecule has 4 aromatic carbocycles. The van der Waals surface area contributed by atoms with Crippen molar-refractivity contribution in [1.29, 1.82) is 0 Å². The molecule has 0 aromatic heterocycles. The summed E-state index contributed by atoms with van der Waals surface area (Å²) in [6.45, 7) is 11.9. The lowest BCUT2D eigenvalue weighted by Crippen LogP contribution is -2.32. The van der Waals surface area contributed by atoms with Gasteiger partial charge in [-0.1, -0.05) is 138 Å². The molecule has 0 radical (unpaired) electrons. The quantitative estimate of drug-likeness (QED) is 0.261. The molecule has 8 bridgehead atoms. The molecule has 1 aliphatic rings. The number of benzene rings is 4. The second-order valence-electron chi connectivity index (χ2n) is 12.6. The third-order valence-electron chi connectivity index (χ3n) is 8.45. The van der Waals surface area contributed by atoms with Crippen LogP contribution in [-0.2, 0) is 30.1 Å². The van der Waals surface area contributed by atoms with Crippen LogP contribution in [0.1, 0.15) is 110 Å². The van der Waals surface area contributed by atoms with Gasteiger partial charge in [0.2, 0.25) is 0 Å². The van der Waals surface area contributed by atoms with E-state index in [-0.39, 0.29) is 10.8 Å². The van der Waals surface area contributed by atoms with Gasteiger partial charge in [0.1, 0.15) is 0 Å². The smallest absolute Gasteiger partial charge is 0.0205 e. The molecular weight excluding hydrogens is 456 g/mol. The first-order chi connectivity index (χ1) is 18.3. The molecule has 0 spiro atoms. The van der Waals surface area contributed by atoms with Crippen LogP contribution in [0.25, 0.3) is 0 Å². The first-order valence-corrected chi connectivity index (χ1v) is 14.7. The van der Waals surface area contributed by atoms with E-state index in [4.69, 9.17) is 0 Å². The summed E-state index contributed by atoms with van der Waals surface area (Å²) in [5.74, 6) is 0. The van der Waals surface area contributed by atoms with Crippen molar-refractivity contribution in [2.75, 3.05) is 0 Å². The molecule has 0 aliphatic heterocycles. The SMILES string of the molecule is CCCC1(CCC)c2cccc(c2)Cc2cccc(c2)Cc2cccc(c2)Cc2ccc(C(C)(C)C)c1c2. The average Bonchev–Trinajstić information content (AvgIpc) is 2.88. The molecule has 0 N–H and O–H groups in total. The van der Waals surface area contributed by atoms with Gasteiger partial charge < -0.3 is 0 Å². The van der Waals surface area contributed by atoms with Crippen LogP contribution >= 0.6 is 0 Å². The fraction of sp³-hybridized carbons (Fsp3) is 0.368. The van der Waals surface area contributed by atoms with Gasteiger partial charge in [-0.2, -0.15) is 0 Å². The highest BCUT2D eigenvalue weighted by atomic mass is 14.4. The van der Waals surface area contributed by atoms with Crippen LogP contribution in [-0.4, -0.2) is 0 Å². The van der Waals surface area contributed by atoms with Gasteiger partial charge in [-0.15, -0.1) is 0 Å². The summed E-state index contributed by atoms with van der Waals surface area (Å²) in [4.78, 5) is 0. The summed E-state index contributed by atoms with van der Waals surface area (Å²) in [7, 11) is 0. The fourth-order valence-corrected chi connectivity index (χ4v) is 6.83. The minimum Gasteiger partial charge on any atom is -0.0653 e. The van der Waals surface area contributed by atoms with E-state index in [0.29, 0.717) is 0 Å². The van der Waals surface area contributed by atoms with E-state index in [9.17, 15) is 0 Å². The van der Waals surface area contributed by atoms with Crippen molar-refractivity contribution < 1.29 is 0 Å². The van der Waals surface area contributed by atoms with E-state index in [1.807, 2.05) is 0 Å². The molecule has 1 aliphatic carbocycles. The van der Waals surface area contributed by atoms with Crippen LogP contribution < -0.4 is 0 Å². The van der Waals surface area contributed by atoms with Crippen LogP contribution in [0.5, 0.6) is 0 Å². The van der Waals surface area contributed by atoms with Crippen LogP contribution in [0.3, 0.4) is 0 Å². The number of fused-ring (bicyclic) bond motifs is 8. The van der Waals surface area contributed by atoms with Crippen molar-refractivity contribution in [1.82, 2.24) is 0 Å². The normalized spacial score (nSPS) is 14.8. The minimum atomic E-state index is 0.0128. The van der Waals surface area contributed by atoms with Crippen molar-refractivity contribution in [3.8, 4) is 0 Å². The van der Waals surface area contributed by atoms with Gasteiger partial charge in [-0.3, -0.25) is 0 Å². The lowest BCUT2D eigenvalue weighted by Gasteiger charge is -2.40. The van der Waals surface area contributed by atoms with E-state index >= 15 is 0 Å². The maximum absolute atomic E-state index is 2.58. The molecule has 0 nitrogen and oxygen atoms in total. The Hall–Kier alpha value is -3.12. The summed E-state index contributed by atoms with van der Waals surface area (Å²) in [5.41, 5.74) is 13.1. The summed E-state index contributed by atoms with van der Waals surface area (Å²) >= 11 is 0. The molecule has 38 heavy (non-hydrogen) atoms. The topological polar surface area (TPSA) is 0 Å². The first-order valence-electron chi connectivity index (χ1n) is 14.7. The predicted octanol–water partition coefficient (Wildman–Crippen LogP) is 9.96. The van der Waals surface area contributed by atoms with E-state index in [1.54, 1.807) is 5.56 Å². The Morgan fingerprint density at radius 3 is 1.47 bits per heavy atom. The Balaban J connectivity index is 1.79. The van der Waals surface area contributed by atoms with E-state index in [1.165, 1.54) is 70.2 Å². The van der Waals surface area contributed by atoms with E-state index in [0.717, 1.165) is 19.3 Å². The van der Waals surface area contributed by atoms with E-state index in [2.05, 4.69) is 126 Å². The van der Waals surface area contributed by atoms with Gasteiger partial charge in [-0.25, -0.2) is 0 Å². The molecule has 5 rings (SSSR count). The Morgan fingerprint density at radius 2 is 1.00 bits per heavy atom. The van der Waals surface area contributed by atoms with Crippen molar-refractivity contribution in [3.63, 3.8) is 0 Å². The zero-order valence-electron chi connectivity index (χ0n) is 24.1. The number of rotatable bonds is 4. The van der Waals surface area contributed by atoms with Gasteiger partial charge in [0, 0.05) is 5.41 Å². The maximum Gasteiger partial charge on any atom is 0.0205 e. The van der Waals surface area contributed by atoms with Crippen LogP contribution in [0.4, 0.5) is 0 Å². The Bertz CT molecular complexity index is 1390. The largest absolute Gasteiger partial charge is 0.0653 e. The summed E-state index contributed by atoms with van der Waals surface area (Å²) in [6.07, 6.45) is 7.60. The van der Waals surface area contributed by atoms with Crippen molar-refractivity contribution in [2.45, 2.75) is 90.4 Å². The number of hydrogen-bond donors (Lipinski definition) is 0. The monoisotopic (exact) mass is 500 g/mol. The molecule has 0 saturated heterocycles. The van der Waals surface area contributed by atoms with Crippen LogP contribution in [0.2, 0.25) is 0 Å². The summed E-state index contributed by atoms with van der Waals surface area (Å²) in [5, 5.41) is 0. The zero-order valence-corrected chi connectivity index (χ0v) is 24.1. The van der Waals surface area contributed by atoms with Gasteiger partial charge in [-0.05, 0) is 87.6 Å². The lowest BCUT2D eigenvalue weighted by molar-refractivity contribution is 0.413. The third kappa shape index (κ3) is 5.51. The van der Waals surface area contributed by atoms with Gasteiger partial charge in [0.05, 0.1) is 0 Å². The molecule has 196 valence electrons. The molecule has 0 heterocycles. The zero-order chi connectivity index (χ0) is 26.8. The van der Waals surface area contributed by atoms with Crippen LogP contribution in [0, 0.1) is 0 Å². The molecular formula is C38H44. The second-order valence-corrected chi connectivity index (χ2v) is 12.6. The predicted molar refractivity (Wildman–Crippen MR) is 163 cm³/mol. The van der Waals surface area contributed by atoms with Crippen molar-refractivity contribution >= 4 is 0 Å². The molecule has 0 unspecified atom stereocenters. The fourth-order valence-electron chi connectivity index (χ4n) is 6.83. The second kappa shape index (κ2) is 10.9. The highest BCUT2D eigenvalue weighted by Gasteiger charge is 2.37. The third-order valence-corrected chi connectivity index (χ3v) is 8.45. The lowest BCUT2D eigenvalue weighted by atomic mass is 9.64. The molecule has 4 aromatic rings. The minimum absolute atomic E-state index is 0.0128. The van der Waals surface area contributed by atoms with Gasteiger partial charge in [0.25, 0.3) is 0 Å². The summed E-state index contributed by atoms with van der Waals surface area (Å²) in [6, 6.07) is 35.5. The van der Waals surface area contributed by atoms with E-state index < -0.39 is 0 Å². The van der Waals surface area contributed by atoms with Gasteiger partial charge in [0.15, 0.2) is 0 Å². The average molecular weight is 501 g/mol. The Labute approximate surface area is 231 Å². The summed E-state index contributed by atoms with van der Waals surface area (Å²) < 4.78 is 0. The molecule has 0 atom stereocenters. The number of hydrogen-bond acceptors (Lipinski definition) is 0. The first kappa shape index (κ1) is 26.5. The Morgan fingerprint density at radius 1 is 0.553 bits per heavy atom. The molecule has 0 saturated carbocycles. The Kier molecular flexibility index (Phi) is 7.62. The van der Waals surface area contributed by atoms with Crippen molar-refractivity contribution in [2.24, 2.45) is 0 Å². The molecule has 0 fully saturated rings. The molecule has 0 heteroatoms. The maximum atomic E-state index is 2.58. The van der Waals surface area contributed by atoms with Gasteiger partial charge >= 0.3 is 0 Å². The standard InChI is InChI=1S/C38H44/c1-6-19-38(20-7-2)34-16-10-15-32(26-34)24-30-13-8-11-28(22-30)21-29-12-9-14-31(23-29)25-33-17-18-35(36(38)27-33)37(3,4)5/h8-18,22-23,26-27H,6-7,19-21,24-25H2,1-5H3. The highest BCUT2D eigenvalue weighted by molar-refractivity contribution is 5.50. The van der Waals surface area contributed by atoms with Crippen molar-refractivity contribution in [3.05, 3.63) is 141 Å². The molecule has 0 amide bonds.